The third-order valence-electron chi connectivity index (χ3n) is 1.86. The molecule has 0 bridgehead atoms. The van der Waals surface area contributed by atoms with Crippen LogP contribution in [0.2, 0.25) is 5.02 Å². The fourth-order valence-corrected chi connectivity index (χ4v) is 2.03. The lowest BCUT2D eigenvalue weighted by atomic mass is 10.3. The lowest BCUT2D eigenvalue weighted by molar-refractivity contribution is -0.133. The van der Waals surface area contributed by atoms with Crippen LogP contribution in [-0.2, 0) is 10.5 Å². The minimum absolute atomic E-state index is 0.0342. The minimum Gasteiger partial charge on any atom is -0.481 e. The summed E-state index contributed by atoms with van der Waals surface area (Å²) in [5, 5.41) is 9.00. The highest BCUT2D eigenvalue weighted by Crippen LogP contribution is 2.25. The number of hydrogen-bond acceptors (Lipinski definition) is 4. The van der Waals surface area contributed by atoms with Crippen LogP contribution in [-0.4, -0.2) is 21.8 Å². The van der Waals surface area contributed by atoms with Gasteiger partial charge >= 0.3 is 5.97 Å². The first kappa shape index (κ1) is 11.3. The number of halogens is 1. The van der Waals surface area contributed by atoms with Crippen molar-refractivity contribution in [3.8, 4) is 0 Å². The number of fused-ring (bicyclic) bond motifs is 1. The van der Waals surface area contributed by atoms with Gasteiger partial charge in [-0.15, -0.1) is 11.8 Å². The number of aromatic nitrogens is 1. The van der Waals surface area contributed by atoms with Crippen molar-refractivity contribution in [3.05, 3.63) is 29.1 Å². The molecule has 0 radical (unpaired) electrons. The number of para-hydroxylation sites is 1. The standard InChI is InChI=1S/C10H8ClNO3S/c11-6-2-1-3-7-10(6)15-8(12-7)4-16-5-9(13)14/h1-3H,4-5H2,(H,13,14). The Bertz CT molecular complexity index is 526. The average Bonchev–Trinajstić information content (AvgIpc) is 2.61. The molecular formula is C10H8ClNO3S. The number of carbonyl (C=O) groups is 1. The number of carboxylic acids is 1. The first-order chi connectivity index (χ1) is 7.66. The summed E-state index contributed by atoms with van der Waals surface area (Å²) in [6, 6.07) is 5.32. The quantitative estimate of drug-likeness (QED) is 0.912. The molecule has 0 saturated carbocycles. The largest absolute Gasteiger partial charge is 0.481 e. The van der Waals surface area contributed by atoms with Crippen LogP contribution in [0.25, 0.3) is 11.1 Å². The molecule has 0 saturated heterocycles. The highest BCUT2D eigenvalue weighted by molar-refractivity contribution is 7.99. The zero-order chi connectivity index (χ0) is 11.5. The Hall–Kier alpha value is -1.20. The van der Waals surface area contributed by atoms with Gasteiger partial charge in [-0.2, -0.15) is 0 Å². The van der Waals surface area contributed by atoms with Crippen molar-refractivity contribution in [2.24, 2.45) is 0 Å². The van der Waals surface area contributed by atoms with Gasteiger partial charge in [-0.25, -0.2) is 4.98 Å². The molecule has 0 aliphatic heterocycles. The van der Waals surface area contributed by atoms with Crippen molar-refractivity contribution in [2.75, 3.05) is 5.75 Å². The summed E-state index contributed by atoms with van der Waals surface area (Å²) in [6.45, 7) is 0. The summed E-state index contributed by atoms with van der Waals surface area (Å²) in [6.07, 6.45) is 0. The van der Waals surface area contributed by atoms with Gasteiger partial charge in [0.05, 0.1) is 16.5 Å². The summed E-state index contributed by atoms with van der Waals surface area (Å²) in [5.74, 6) is 0.109. The van der Waals surface area contributed by atoms with Gasteiger partial charge in [-0.1, -0.05) is 17.7 Å². The maximum absolute atomic E-state index is 10.3. The fraction of sp³-hybridized carbons (Fsp3) is 0.200. The van der Waals surface area contributed by atoms with Crippen molar-refractivity contribution in [1.82, 2.24) is 4.98 Å². The smallest absolute Gasteiger partial charge is 0.313 e. The van der Waals surface area contributed by atoms with Crippen molar-refractivity contribution in [2.45, 2.75) is 5.75 Å². The van der Waals surface area contributed by atoms with Gasteiger partial charge in [-0.3, -0.25) is 4.79 Å². The van der Waals surface area contributed by atoms with E-state index in [1.165, 1.54) is 11.8 Å². The maximum atomic E-state index is 10.3. The van der Waals surface area contributed by atoms with Crippen LogP contribution < -0.4 is 0 Å². The average molecular weight is 258 g/mol. The van der Waals surface area contributed by atoms with E-state index in [0.717, 1.165) is 0 Å². The molecule has 1 heterocycles. The van der Waals surface area contributed by atoms with E-state index in [9.17, 15) is 4.79 Å². The molecule has 84 valence electrons. The molecule has 0 atom stereocenters. The highest BCUT2D eigenvalue weighted by Gasteiger charge is 2.09. The molecule has 0 aliphatic carbocycles. The van der Waals surface area contributed by atoms with Crippen molar-refractivity contribution < 1.29 is 14.3 Å². The summed E-state index contributed by atoms with van der Waals surface area (Å²) in [4.78, 5) is 14.5. The highest BCUT2D eigenvalue weighted by atomic mass is 35.5. The molecule has 0 fully saturated rings. The topological polar surface area (TPSA) is 63.3 Å². The van der Waals surface area contributed by atoms with Crippen LogP contribution >= 0.6 is 23.4 Å². The summed E-state index contributed by atoms with van der Waals surface area (Å²) < 4.78 is 5.42. The van der Waals surface area contributed by atoms with Crippen LogP contribution in [0.4, 0.5) is 0 Å². The number of aliphatic carboxylic acids is 1. The minimum atomic E-state index is -0.848. The second-order valence-corrected chi connectivity index (χ2v) is 4.48. The van der Waals surface area contributed by atoms with Crippen LogP contribution in [0, 0.1) is 0 Å². The fourth-order valence-electron chi connectivity index (χ4n) is 1.25. The molecule has 0 amide bonds. The zero-order valence-corrected chi connectivity index (χ0v) is 9.72. The van der Waals surface area contributed by atoms with Gasteiger partial charge in [0.1, 0.15) is 5.52 Å². The third-order valence-corrected chi connectivity index (χ3v) is 3.06. The van der Waals surface area contributed by atoms with E-state index in [0.29, 0.717) is 27.8 Å². The Morgan fingerprint density at radius 1 is 1.56 bits per heavy atom. The maximum Gasteiger partial charge on any atom is 0.313 e. The number of nitrogens with zero attached hydrogens (tertiary/aromatic N) is 1. The Morgan fingerprint density at radius 2 is 2.38 bits per heavy atom. The Kier molecular flexibility index (Phi) is 3.36. The van der Waals surface area contributed by atoms with E-state index in [1.807, 2.05) is 0 Å². The second kappa shape index (κ2) is 4.76. The van der Waals surface area contributed by atoms with Crippen molar-refractivity contribution >= 4 is 40.4 Å². The number of oxazole rings is 1. The molecule has 0 spiro atoms. The van der Waals surface area contributed by atoms with Gasteiger partial charge < -0.3 is 9.52 Å². The van der Waals surface area contributed by atoms with Crippen LogP contribution in [0.5, 0.6) is 0 Å². The van der Waals surface area contributed by atoms with Gasteiger partial charge in [-0.05, 0) is 12.1 Å². The van der Waals surface area contributed by atoms with E-state index in [1.54, 1.807) is 18.2 Å². The van der Waals surface area contributed by atoms with Crippen molar-refractivity contribution in [3.63, 3.8) is 0 Å². The zero-order valence-electron chi connectivity index (χ0n) is 8.14. The van der Waals surface area contributed by atoms with Crippen LogP contribution in [0.15, 0.2) is 22.6 Å². The van der Waals surface area contributed by atoms with E-state index in [2.05, 4.69) is 4.98 Å². The van der Waals surface area contributed by atoms with Gasteiger partial charge in [0.2, 0.25) is 5.89 Å². The molecule has 2 aromatic rings. The lowest BCUT2D eigenvalue weighted by Gasteiger charge is -1.92. The number of thioether (sulfide) groups is 1. The third kappa shape index (κ3) is 2.48. The summed E-state index contributed by atoms with van der Waals surface area (Å²) in [5.41, 5.74) is 1.24. The first-order valence-corrected chi connectivity index (χ1v) is 6.03. The van der Waals surface area contributed by atoms with E-state index in [4.69, 9.17) is 21.1 Å². The number of carboxylic acid groups (broad SMARTS) is 1. The molecule has 1 N–H and O–H groups in total. The predicted octanol–water partition coefficient (Wildman–Crippen LogP) is 2.80. The monoisotopic (exact) mass is 257 g/mol. The summed E-state index contributed by atoms with van der Waals surface area (Å²) in [7, 11) is 0. The van der Waals surface area contributed by atoms with E-state index in [-0.39, 0.29) is 5.75 Å². The number of rotatable bonds is 4. The van der Waals surface area contributed by atoms with Gasteiger partial charge in [0.25, 0.3) is 0 Å². The van der Waals surface area contributed by atoms with E-state index >= 15 is 0 Å². The van der Waals surface area contributed by atoms with Gasteiger partial charge in [0.15, 0.2) is 5.58 Å². The Balaban J connectivity index is 2.14. The molecule has 1 aromatic heterocycles. The van der Waals surface area contributed by atoms with Crippen LogP contribution in [0.1, 0.15) is 5.89 Å². The van der Waals surface area contributed by atoms with Crippen molar-refractivity contribution in [1.29, 1.82) is 0 Å². The van der Waals surface area contributed by atoms with Gasteiger partial charge in [0, 0.05) is 0 Å². The molecular weight excluding hydrogens is 250 g/mol. The second-order valence-electron chi connectivity index (χ2n) is 3.08. The SMILES string of the molecule is O=C(O)CSCc1nc2cccc(Cl)c2o1. The molecule has 0 unspecified atom stereocenters. The number of benzene rings is 1. The molecule has 4 nitrogen and oxygen atoms in total. The molecule has 0 aliphatic rings. The molecule has 16 heavy (non-hydrogen) atoms. The lowest BCUT2D eigenvalue weighted by Crippen LogP contribution is -1.98. The predicted molar refractivity (Wildman–Crippen MR) is 62.8 cm³/mol. The Morgan fingerprint density at radius 3 is 3.06 bits per heavy atom. The van der Waals surface area contributed by atoms with Crippen LogP contribution in [0.3, 0.4) is 0 Å². The Labute approximate surface area is 101 Å². The van der Waals surface area contributed by atoms with E-state index < -0.39 is 5.97 Å². The first-order valence-electron chi connectivity index (χ1n) is 4.50. The normalized spacial score (nSPS) is 10.8. The summed E-state index contributed by atoms with van der Waals surface area (Å²) >= 11 is 7.16. The molecule has 6 heteroatoms. The molecule has 2 rings (SSSR count). The number of hydrogen-bond donors (Lipinski definition) is 1. The molecule has 1 aromatic carbocycles.